The van der Waals surface area contributed by atoms with E-state index in [4.69, 9.17) is 9.47 Å². The number of hydrogen-bond acceptors (Lipinski definition) is 6. The summed E-state index contributed by atoms with van der Waals surface area (Å²) in [6, 6.07) is 18.5. The van der Waals surface area contributed by atoms with Gasteiger partial charge in [0.2, 0.25) is 0 Å². The summed E-state index contributed by atoms with van der Waals surface area (Å²) in [5.41, 5.74) is 6.35. The van der Waals surface area contributed by atoms with Crippen LogP contribution in [0.15, 0.2) is 71.0 Å². The number of fused-ring (bicyclic) bond motifs is 2. The predicted octanol–water partition coefficient (Wildman–Crippen LogP) is 5.63. The molecule has 0 spiro atoms. The molecule has 35 heavy (non-hydrogen) atoms. The third-order valence-corrected chi connectivity index (χ3v) is 7.64. The van der Waals surface area contributed by atoms with Crippen LogP contribution in [-0.4, -0.2) is 24.7 Å². The summed E-state index contributed by atoms with van der Waals surface area (Å²) in [4.78, 5) is 18.5. The average molecular weight is 486 g/mol. The summed E-state index contributed by atoms with van der Waals surface area (Å²) >= 11 is 1.78. The van der Waals surface area contributed by atoms with Crippen LogP contribution in [0.5, 0.6) is 11.5 Å². The minimum Gasteiger partial charge on any atom is -0.456 e. The number of thiophene rings is 1. The molecule has 2 aliphatic rings. The van der Waals surface area contributed by atoms with Gasteiger partial charge in [-0.3, -0.25) is 4.79 Å². The lowest BCUT2D eigenvalue weighted by molar-refractivity contribution is 0.0383. The Morgan fingerprint density at radius 3 is 2.94 bits per heavy atom. The normalized spacial score (nSPS) is 16.8. The Labute approximate surface area is 208 Å². The molecule has 6 rings (SSSR count). The summed E-state index contributed by atoms with van der Waals surface area (Å²) in [5.74, 6) is 1.76. The second-order valence-corrected chi connectivity index (χ2v) is 10.1. The van der Waals surface area contributed by atoms with E-state index in [1.165, 1.54) is 16.0 Å². The molecule has 1 fully saturated rings. The average Bonchev–Trinajstić information content (AvgIpc) is 3.31. The van der Waals surface area contributed by atoms with Crippen LogP contribution in [0.3, 0.4) is 0 Å². The first-order valence-corrected chi connectivity index (χ1v) is 12.8. The standard InChI is InChI=1S/C28H27N3O3S/c1-18-12-22(35-17-18)15-30-21-7-8-25-20(14-21)13-19-4-2-5-23(27(19)34-25)26-16-31(10-11-33-26)24-6-3-9-29-28(24)32/h2-9,12,14,17,26,30H,10-11,13,15-16H2,1H3,(H,29,32). The van der Waals surface area contributed by atoms with E-state index in [0.29, 0.717) is 25.4 Å². The van der Waals surface area contributed by atoms with Gasteiger partial charge in [-0.15, -0.1) is 11.3 Å². The Bertz CT molecular complexity index is 1430. The van der Waals surface area contributed by atoms with Crippen LogP contribution < -0.4 is 20.5 Å². The molecule has 1 atom stereocenters. The molecule has 1 saturated heterocycles. The van der Waals surface area contributed by atoms with E-state index in [1.54, 1.807) is 17.5 Å². The van der Waals surface area contributed by atoms with Gasteiger partial charge in [-0.1, -0.05) is 18.2 Å². The van der Waals surface area contributed by atoms with Crippen molar-refractivity contribution in [1.29, 1.82) is 0 Å². The highest BCUT2D eigenvalue weighted by atomic mass is 32.1. The van der Waals surface area contributed by atoms with Crippen LogP contribution in [0.4, 0.5) is 11.4 Å². The van der Waals surface area contributed by atoms with Gasteiger partial charge in [0.25, 0.3) is 5.56 Å². The number of rotatable bonds is 5. The zero-order chi connectivity index (χ0) is 23.8. The number of pyridine rings is 1. The molecule has 1 unspecified atom stereocenters. The van der Waals surface area contributed by atoms with E-state index >= 15 is 0 Å². The minimum absolute atomic E-state index is 0.0768. The van der Waals surface area contributed by atoms with Crippen LogP contribution in [0.2, 0.25) is 0 Å². The molecular formula is C28H27N3O3S. The third kappa shape index (κ3) is 4.45. The number of aryl methyl sites for hydroxylation is 1. The Kier molecular flexibility index (Phi) is 5.80. The van der Waals surface area contributed by atoms with Gasteiger partial charge >= 0.3 is 0 Å². The van der Waals surface area contributed by atoms with Crippen LogP contribution >= 0.6 is 11.3 Å². The van der Waals surface area contributed by atoms with Gasteiger partial charge in [0, 0.05) is 53.9 Å². The van der Waals surface area contributed by atoms with Crippen molar-refractivity contribution in [3.05, 3.63) is 104 Å². The summed E-state index contributed by atoms with van der Waals surface area (Å²) < 4.78 is 12.6. The Balaban J connectivity index is 1.22. The number of para-hydroxylation sites is 1. The topological polar surface area (TPSA) is 66.6 Å². The zero-order valence-corrected chi connectivity index (χ0v) is 20.4. The lowest BCUT2D eigenvalue weighted by atomic mass is 9.95. The maximum atomic E-state index is 12.3. The molecule has 0 amide bonds. The molecule has 6 nitrogen and oxygen atoms in total. The summed E-state index contributed by atoms with van der Waals surface area (Å²) in [5, 5.41) is 5.72. The SMILES string of the molecule is Cc1csc(CNc2ccc3c(c2)Cc2cccc(C4CN(c5ccc[nH]c5=O)CCO4)c2O3)c1. The number of anilines is 2. The Morgan fingerprint density at radius 2 is 2.09 bits per heavy atom. The lowest BCUT2D eigenvalue weighted by Gasteiger charge is -2.35. The maximum absolute atomic E-state index is 12.3. The number of H-pyrrole nitrogens is 1. The second-order valence-electron chi connectivity index (χ2n) is 9.07. The molecule has 4 heterocycles. The molecular weight excluding hydrogens is 458 g/mol. The highest BCUT2D eigenvalue weighted by molar-refractivity contribution is 7.10. The summed E-state index contributed by atoms with van der Waals surface area (Å²) in [6.07, 6.45) is 2.29. The van der Waals surface area contributed by atoms with E-state index in [1.807, 2.05) is 12.1 Å². The van der Waals surface area contributed by atoms with Gasteiger partial charge < -0.3 is 24.7 Å². The number of aromatic nitrogens is 1. The quantitative estimate of drug-likeness (QED) is 0.338. The molecule has 0 bridgehead atoms. The van der Waals surface area contributed by atoms with E-state index in [2.05, 4.69) is 70.0 Å². The predicted molar refractivity (Wildman–Crippen MR) is 140 cm³/mol. The number of ether oxygens (including phenoxy) is 2. The summed E-state index contributed by atoms with van der Waals surface area (Å²) in [6.45, 7) is 4.78. The van der Waals surface area contributed by atoms with Crippen LogP contribution in [0.1, 0.15) is 33.2 Å². The van der Waals surface area contributed by atoms with Crippen LogP contribution in [0.25, 0.3) is 0 Å². The minimum atomic E-state index is -0.171. The van der Waals surface area contributed by atoms with Crippen molar-refractivity contribution in [3.63, 3.8) is 0 Å². The fourth-order valence-electron chi connectivity index (χ4n) is 4.85. The lowest BCUT2D eigenvalue weighted by Crippen LogP contribution is -2.41. The molecule has 0 radical (unpaired) electrons. The van der Waals surface area contributed by atoms with E-state index in [0.717, 1.165) is 41.3 Å². The van der Waals surface area contributed by atoms with Crippen molar-refractivity contribution in [2.24, 2.45) is 0 Å². The van der Waals surface area contributed by atoms with Crippen molar-refractivity contribution >= 4 is 22.7 Å². The molecule has 2 N–H and O–H groups in total. The highest BCUT2D eigenvalue weighted by Crippen LogP contribution is 2.43. The molecule has 2 aromatic heterocycles. The molecule has 0 saturated carbocycles. The van der Waals surface area contributed by atoms with Gasteiger partial charge in [-0.25, -0.2) is 0 Å². The van der Waals surface area contributed by atoms with Crippen LogP contribution in [-0.2, 0) is 17.7 Å². The number of hydrogen-bond donors (Lipinski definition) is 2. The fraction of sp³-hybridized carbons (Fsp3) is 0.250. The van der Waals surface area contributed by atoms with Crippen molar-refractivity contribution in [2.45, 2.75) is 26.0 Å². The van der Waals surface area contributed by atoms with Gasteiger partial charge in [0.05, 0.1) is 6.61 Å². The third-order valence-electron chi connectivity index (χ3n) is 6.58. The van der Waals surface area contributed by atoms with Crippen molar-refractivity contribution in [3.8, 4) is 11.5 Å². The van der Waals surface area contributed by atoms with Gasteiger partial charge in [-0.2, -0.15) is 0 Å². The first-order valence-electron chi connectivity index (χ1n) is 11.9. The number of aromatic amines is 1. The smallest absolute Gasteiger partial charge is 0.271 e. The molecule has 2 aromatic carbocycles. The maximum Gasteiger partial charge on any atom is 0.271 e. The van der Waals surface area contributed by atoms with E-state index in [-0.39, 0.29) is 11.7 Å². The van der Waals surface area contributed by atoms with Gasteiger partial charge in [-0.05, 0) is 59.8 Å². The number of nitrogens with zero attached hydrogens (tertiary/aromatic N) is 1. The molecule has 178 valence electrons. The largest absolute Gasteiger partial charge is 0.456 e. The zero-order valence-electron chi connectivity index (χ0n) is 19.5. The monoisotopic (exact) mass is 485 g/mol. The highest BCUT2D eigenvalue weighted by Gasteiger charge is 2.29. The first-order chi connectivity index (χ1) is 17.1. The van der Waals surface area contributed by atoms with E-state index in [9.17, 15) is 4.79 Å². The van der Waals surface area contributed by atoms with Crippen molar-refractivity contribution < 1.29 is 9.47 Å². The molecule has 4 aromatic rings. The Morgan fingerprint density at radius 1 is 1.14 bits per heavy atom. The molecule has 7 heteroatoms. The first kappa shape index (κ1) is 21.9. The van der Waals surface area contributed by atoms with Crippen molar-refractivity contribution in [1.82, 2.24) is 4.98 Å². The van der Waals surface area contributed by atoms with E-state index < -0.39 is 0 Å². The van der Waals surface area contributed by atoms with Crippen LogP contribution in [0, 0.1) is 6.92 Å². The van der Waals surface area contributed by atoms with Crippen molar-refractivity contribution in [2.75, 3.05) is 29.9 Å². The molecule has 2 aliphatic heterocycles. The number of benzene rings is 2. The molecule has 0 aliphatic carbocycles. The number of morpholine rings is 1. The fourth-order valence-corrected chi connectivity index (χ4v) is 5.67. The second kappa shape index (κ2) is 9.24. The summed E-state index contributed by atoms with van der Waals surface area (Å²) in [7, 11) is 0. The van der Waals surface area contributed by atoms with Gasteiger partial charge in [0.1, 0.15) is 23.3 Å². The number of nitrogens with one attached hydrogen (secondary N) is 2. The Hall–Kier alpha value is -3.55. The van der Waals surface area contributed by atoms with Gasteiger partial charge in [0.15, 0.2) is 0 Å².